The highest BCUT2D eigenvalue weighted by Gasteiger charge is 2.19. The third kappa shape index (κ3) is 2.79. The van der Waals surface area contributed by atoms with Crippen molar-refractivity contribution in [3.05, 3.63) is 30.1 Å². The van der Waals surface area contributed by atoms with Crippen LogP contribution < -0.4 is 5.32 Å². The Labute approximate surface area is 116 Å². The number of hydrogen-bond acceptors (Lipinski definition) is 3. The predicted octanol–water partition coefficient (Wildman–Crippen LogP) is 1.18. The highest BCUT2D eigenvalue weighted by Crippen LogP contribution is 2.14. The first-order valence-electron chi connectivity index (χ1n) is 6.43. The van der Waals surface area contributed by atoms with Crippen LogP contribution >= 0.6 is 0 Å². The number of carbonyl (C=O) groups is 2. The number of aromatic nitrogens is 2. The Kier molecular flexibility index (Phi) is 4.02. The molecule has 0 aliphatic heterocycles. The predicted molar refractivity (Wildman–Crippen MR) is 74.3 cm³/mol. The summed E-state index contributed by atoms with van der Waals surface area (Å²) < 4.78 is 2.00. The molecule has 20 heavy (non-hydrogen) atoms. The summed E-state index contributed by atoms with van der Waals surface area (Å²) in [5.41, 5.74) is 1.92. The van der Waals surface area contributed by atoms with Gasteiger partial charge in [-0.2, -0.15) is 0 Å². The Morgan fingerprint density at radius 2 is 2.10 bits per heavy atom. The van der Waals surface area contributed by atoms with E-state index in [1.165, 1.54) is 6.92 Å². The molecule has 1 amide bonds. The van der Waals surface area contributed by atoms with Crippen molar-refractivity contribution in [2.75, 3.05) is 6.54 Å². The standard InChI is InChI=1S/C14H17N3O3/c1-9(14(19)20)13(18)15-7-8-17-10(2)16-11-5-3-4-6-12(11)17/h3-6,9H,7-8H2,1-2H3,(H,15,18)(H,19,20). The second-order valence-electron chi connectivity index (χ2n) is 4.65. The van der Waals surface area contributed by atoms with Gasteiger partial charge in [0.25, 0.3) is 0 Å². The van der Waals surface area contributed by atoms with E-state index in [2.05, 4.69) is 10.3 Å². The van der Waals surface area contributed by atoms with E-state index in [1.807, 2.05) is 35.8 Å². The molecule has 0 saturated heterocycles. The molecule has 106 valence electrons. The molecule has 6 heteroatoms. The van der Waals surface area contributed by atoms with Gasteiger partial charge in [-0.1, -0.05) is 12.1 Å². The van der Waals surface area contributed by atoms with E-state index >= 15 is 0 Å². The molecule has 0 radical (unpaired) electrons. The minimum Gasteiger partial charge on any atom is -0.481 e. The Balaban J connectivity index is 2.01. The summed E-state index contributed by atoms with van der Waals surface area (Å²) in [6, 6.07) is 7.77. The van der Waals surface area contributed by atoms with Crippen molar-refractivity contribution in [1.29, 1.82) is 0 Å². The summed E-state index contributed by atoms with van der Waals surface area (Å²) in [6.07, 6.45) is 0. The Bertz CT molecular complexity index is 648. The van der Waals surface area contributed by atoms with Gasteiger partial charge in [-0.05, 0) is 26.0 Å². The Morgan fingerprint density at radius 1 is 1.40 bits per heavy atom. The van der Waals surface area contributed by atoms with Gasteiger partial charge in [-0.25, -0.2) is 4.98 Å². The first kappa shape index (κ1) is 14.0. The lowest BCUT2D eigenvalue weighted by atomic mass is 10.2. The van der Waals surface area contributed by atoms with Gasteiger partial charge in [-0.15, -0.1) is 0 Å². The average molecular weight is 275 g/mol. The molecule has 0 saturated carbocycles. The maximum absolute atomic E-state index is 11.5. The molecule has 0 fully saturated rings. The third-order valence-electron chi connectivity index (χ3n) is 3.24. The summed E-state index contributed by atoms with van der Waals surface area (Å²) in [7, 11) is 0. The molecule has 0 aliphatic carbocycles. The molecule has 1 aromatic carbocycles. The average Bonchev–Trinajstić information content (AvgIpc) is 2.74. The third-order valence-corrected chi connectivity index (χ3v) is 3.24. The number of aryl methyl sites for hydroxylation is 1. The van der Waals surface area contributed by atoms with Crippen LogP contribution in [0.3, 0.4) is 0 Å². The first-order chi connectivity index (χ1) is 9.50. The number of para-hydroxylation sites is 2. The summed E-state index contributed by atoms with van der Waals surface area (Å²) in [6.45, 7) is 4.21. The van der Waals surface area contributed by atoms with E-state index in [-0.39, 0.29) is 0 Å². The molecule has 6 nitrogen and oxygen atoms in total. The Morgan fingerprint density at radius 3 is 2.80 bits per heavy atom. The van der Waals surface area contributed by atoms with Gasteiger partial charge in [-0.3, -0.25) is 9.59 Å². The van der Waals surface area contributed by atoms with Crippen molar-refractivity contribution >= 4 is 22.9 Å². The summed E-state index contributed by atoms with van der Waals surface area (Å²) in [5, 5.41) is 11.4. The lowest BCUT2D eigenvalue weighted by Crippen LogP contribution is -2.35. The van der Waals surface area contributed by atoms with Gasteiger partial charge in [0.1, 0.15) is 11.7 Å². The van der Waals surface area contributed by atoms with Crippen LogP contribution in [0.1, 0.15) is 12.7 Å². The number of carboxylic acid groups (broad SMARTS) is 1. The van der Waals surface area contributed by atoms with Crippen molar-refractivity contribution < 1.29 is 14.7 Å². The number of fused-ring (bicyclic) bond motifs is 1. The van der Waals surface area contributed by atoms with Gasteiger partial charge in [0.15, 0.2) is 0 Å². The molecule has 1 unspecified atom stereocenters. The van der Waals surface area contributed by atoms with E-state index in [0.29, 0.717) is 13.1 Å². The van der Waals surface area contributed by atoms with Gasteiger partial charge < -0.3 is 15.0 Å². The fourth-order valence-electron chi connectivity index (χ4n) is 2.03. The van der Waals surface area contributed by atoms with Crippen molar-refractivity contribution in [2.24, 2.45) is 5.92 Å². The number of carboxylic acids is 1. The van der Waals surface area contributed by atoms with Gasteiger partial charge in [0.2, 0.25) is 5.91 Å². The second-order valence-corrected chi connectivity index (χ2v) is 4.65. The zero-order valence-electron chi connectivity index (χ0n) is 11.5. The number of aliphatic carboxylic acids is 1. The molecule has 1 aromatic heterocycles. The van der Waals surface area contributed by atoms with Crippen molar-refractivity contribution in [3.8, 4) is 0 Å². The second kappa shape index (κ2) is 5.73. The van der Waals surface area contributed by atoms with Crippen LogP contribution in [0.15, 0.2) is 24.3 Å². The summed E-state index contributed by atoms with van der Waals surface area (Å²) >= 11 is 0. The monoisotopic (exact) mass is 275 g/mol. The lowest BCUT2D eigenvalue weighted by Gasteiger charge is -2.10. The maximum atomic E-state index is 11.5. The Hall–Kier alpha value is -2.37. The smallest absolute Gasteiger partial charge is 0.315 e. The highest BCUT2D eigenvalue weighted by atomic mass is 16.4. The number of amides is 1. The summed E-state index contributed by atoms with van der Waals surface area (Å²) in [4.78, 5) is 26.7. The van der Waals surface area contributed by atoms with Crippen LogP contribution in [-0.2, 0) is 16.1 Å². The van der Waals surface area contributed by atoms with E-state index < -0.39 is 17.8 Å². The van der Waals surface area contributed by atoms with Crippen LogP contribution in [0.4, 0.5) is 0 Å². The zero-order chi connectivity index (χ0) is 14.7. The number of nitrogens with one attached hydrogen (secondary N) is 1. The van der Waals surface area contributed by atoms with E-state index in [1.54, 1.807) is 0 Å². The van der Waals surface area contributed by atoms with Gasteiger partial charge in [0, 0.05) is 13.1 Å². The molecular weight excluding hydrogens is 258 g/mol. The number of rotatable bonds is 5. The largest absolute Gasteiger partial charge is 0.481 e. The molecule has 2 rings (SSSR count). The zero-order valence-corrected chi connectivity index (χ0v) is 11.5. The van der Waals surface area contributed by atoms with Crippen LogP contribution in [0.5, 0.6) is 0 Å². The quantitative estimate of drug-likeness (QED) is 0.803. The maximum Gasteiger partial charge on any atom is 0.315 e. The lowest BCUT2D eigenvalue weighted by molar-refractivity contribution is -0.146. The van der Waals surface area contributed by atoms with E-state index in [9.17, 15) is 9.59 Å². The summed E-state index contributed by atoms with van der Waals surface area (Å²) in [5.74, 6) is -1.76. The van der Waals surface area contributed by atoms with Crippen LogP contribution in [0.25, 0.3) is 11.0 Å². The van der Waals surface area contributed by atoms with Crippen molar-refractivity contribution in [1.82, 2.24) is 14.9 Å². The van der Waals surface area contributed by atoms with Crippen LogP contribution in [-0.4, -0.2) is 33.1 Å². The molecular formula is C14H17N3O3. The van der Waals surface area contributed by atoms with Crippen LogP contribution in [0.2, 0.25) is 0 Å². The fraction of sp³-hybridized carbons (Fsp3) is 0.357. The SMILES string of the molecule is Cc1nc2ccccc2n1CCNC(=O)C(C)C(=O)O. The molecule has 2 N–H and O–H groups in total. The molecule has 0 aliphatic rings. The van der Waals surface area contributed by atoms with Gasteiger partial charge in [0.05, 0.1) is 11.0 Å². The minimum absolute atomic E-state index is 0.373. The van der Waals surface area contributed by atoms with Crippen molar-refractivity contribution in [2.45, 2.75) is 20.4 Å². The molecule has 0 spiro atoms. The van der Waals surface area contributed by atoms with E-state index in [0.717, 1.165) is 16.9 Å². The molecule has 0 bridgehead atoms. The van der Waals surface area contributed by atoms with Crippen molar-refractivity contribution in [3.63, 3.8) is 0 Å². The number of carbonyl (C=O) groups excluding carboxylic acids is 1. The van der Waals surface area contributed by atoms with E-state index in [4.69, 9.17) is 5.11 Å². The number of hydrogen-bond donors (Lipinski definition) is 2. The molecule has 1 atom stereocenters. The highest BCUT2D eigenvalue weighted by molar-refractivity contribution is 5.96. The molecule has 2 aromatic rings. The number of benzene rings is 1. The normalized spacial score (nSPS) is 12.3. The molecule has 1 heterocycles. The number of imidazole rings is 1. The minimum atomic E-state index is -1.12. The van der Waals surface area contributed by atoms with Crippen LogP contribution in [0, 0.1) is 12.8 Å². The first-order valence-corrected chi connectivity index (χ1v) is 6.43. The topological polar surface area (TPSA) is 84.2 Å². The fourth-order valence-corrected chi connectivity index (χ4v) is 2.03. The van der Waals surface area contributed by atoms with Gasteiger partial charge >= 0.3 is 5.97 Å². The number of nitrogens with zero attached hydrogens (tertiary/aromatic N) is 2.